The van der Waals surface area contributed by atoms with Crippen molar-refractivity contribution in [2.24, 2.45) is 17.6 Å². The smallest absolute Gasteiger partial charge is 0.313 e. The number of aliphatic carboxylic acids is 1. The van der Waals surface area contributed by atoms with E-state index in [9.17, 15) is 19.5 Å². The van der Waals surface area contributed by atoms with Gasteiger partial charge in [0.05, 0.1) is 7.11 Å². The standard InChI is InChI=1S/C21H25N7O6S2/c1-4-34-24-14(12-6-5-7-13(8-12)33-3)16(29)22-15-17(30)28-9-21(19(31)32,10-35-18(15)28)11-36-20-23-25-26-27(20)2/h5-8,15,18H,4,9-11H2,1-3H3,(H,22,29)(H,31,32)/t15?,18-,21?/m1/s1. The number of β-lactam (4-membered cyclic amide) rings is 1. The molecule has 1 aromatic heterocycles. The molecule has 3 atom stereocenters. The Balaban J connectivity index is 1.45. The molecule has 2 N–H and O–H groups in total. The molecular weight excluding hydrogens is 510 g/mol. The molecule has 0 aliphatic carbocycles. The third kappa shape index (κ3) is 4.97. The molecular formula is C21H25N7O6S2. The molecule has 0 radical (unpaired) electrons. The first-order chi connectivity index (χ1) is 17.3. The number of fused-ring (bicyclic) bond motifs is 1. The predicted molar refractivity (Wildman–Crippen MR) is 131 cm³/mol. The van der Waals surface area contributed by atoms with Crippen molar-refractivity contribution >= 4 is 47.0 Å². The van der Waals surface area contributed by atoms with Gasteiger partial charge in [-0.2, -0.15) is 0 Å². The molecule has 2 fully saturated rings. The van der Waals surface area contributed by atoms with Gasteiger partial charge in [0, 0.05) is 30.7 Å². The minimum atomic E-state index is -1.18. The molecule has 0 bridgehead atoms. The summed E-state index contributed by atoms with van der Waals surface area (Å²) in [5.74, 6) is -0.928. The number of nitrogens with one attached hydrogen (secondary N) is 1. The van der Waals surface area contributed by atoms with Crippen LogP contribution in [0.15, 0.2) is 34.6 Å². The van der Waals surface area contributed by atoms with Crippen LogP contribution in [0.3, 0.4) is 0 Å². The first-order valence-corrected chi connectivity index (χ1v) is 13.0. The molecule has 192 valence electrons. The highest BCUT2D eigenvalue weighted by atomic mass is 32.2. The summed E-state index contributed by atoms with van der Waals surface area (Å²) in [5, 5.41) is 28.0. The lowest BCUT2D eigenvalue weighted by atomic mass is 9.89. The Hall–Kier alpha value is -3.33. The van der Waals surface area contributed by atoms with E-state index in [2.05, 4.69) is 26.0 Å². The van der Waals surface area contributed by atoms with Gasteiger partial charge in [0.2, 0.25) is 11.1 Å². The van der Waals surface area contributed by atoms with Crippen molar-refractivity contribution in [2.45, 2.75) is 23.5 Å². The molecule has 15 heteroatoms. The number of benzene rings is 1. The van der Waals surface area contributed by atoms with Crippen molar-refractivity contribution in [3.63, 3.8) is 0 Å². The van der Waals surface area contributed by atoms with Crippen molar-refractivity contribution in [3.8, 4) is 5.75 Å². The zero-order chi connectivity index (χ0) is 25.9. The van der Waals surface area contributed by atoms with Gasteiger partial charge in [-0.15, -0.1) is 16.9 Å². The lowest BCUT2D eigenvalue weighted by Gasteiger charge is -2.53. The minimum absolute atomic E-state index is 0.0105. The molecule has 3 heterocycles. The number of hydrogen-bond acceptors (Lipinski definition) is 11. The van der Waals surface area contributed by atoms with Crippen LogP contribution in [-0.2, 0) is 26.3 Å². The van der Waals surface area contributed by atoms with Crippen LogP contribution in [0.4, 0.5) is 0 Å². The average Bonchev–Trinajstić information content (AvgIpc) is 3.30. The van der Waals surface area contributed by atoms with Crippen LogP contribution >= 0.6 is 23.5 Å². The number of hydrogen-bond donors (Lipinski definition) is 2. The Morgan fingerprint density at radius 1 is 1.42 bits per heavy atom. The number of oxime groups is 1. The normalized spacial score (nSPS) is 23.5. The summed E-state index contributed by atoms with van der Waals surface area (Å²) in [7, 11) is 3.18. The number of nitrogens with zero attached hydrogens (tertiary/aromatic N) is 6. The van der Waals surface area contributed by atoms with Crippen molar-refractivity contribution in [1.29, 1.82) is 0 Å². The largest absolute Gasteiger partial charge is 0.497 e. The summed E-state index contributed by atoms with van der Waals surface area (Å²) in [6.45, 7) is 2.03. The lowest BCUT2D eigenvalue weighted by molar-refractivity contribution is -0.157. The quantitative estimate of drug-likeness (QED) is 0.185. The molecule has 2 unspecified atom stereocenters. The maximum atomic E-state index is 13.1. The van der Waals surface area contributed by atoms with Gasteiger partial charge in [-0.1, -0.05) is 29.1 Å². The second-order valence-corrected chi connectivity index (χ2v) is 10.2. The molecule has 2 aromatic rings. The molecule has 36 heavy (non-hydrogen) atoms. The fourth-order valence-electron chi connectivity index (χ4n) is 3.79. The van der Waals surface area contributed by atoms with Crippen molar-refractivity contribution in [2.75, 3.05) is 31.8 Å². The van der Waals surface area contributed by atoms with Gasteiger partial charge in [0.25, 0.3) is 5.91 Å². The molecule has 1 aromatic carbocycles. The van der Waals surface area contributed by atoms with Gasteiger partial charge < -0.3 is 24.9 Å². The fourth-order valence-corrected chi connectivity index (χ4v) is 6.50. The van der Waals surface area contributed by atoms with Gasteiger partial charge >= 0.3 is 5.97 Å². The first kappa shape index (κ1) is 25.8. The Bertz CT molecular complexity index is 1190. The number of thioether (sulfide) groups is 2. The monoisotopic (exact) mass is 535 g/mol. The number of methoxy groups -OCH3 is 1. The zero-order valence-corrected chi connectivity index (χ0v) is 21.4. The van der Waals surface area contributed by atoms with E-state index in [1.165, 1.54) is 40.2 Å². The number of carboxylic acids is 1. The zero-order valence-electron chi connectivity index (χ0n) is 19.8. The highest BCUT2D eigenvalue weighted by Gasteiger charge is 2.57. The molecule has 2 aliphatic heterocycles. The van der Waals surface area contributed by atoms with Crippen LogP contribution in [0.2, 0.25) is 0 Å². The molecule has 2 amide bonds. The molecule has 2 saturated heterocycles. The Morgan fingerprint density at radius 2 is 2.22 bits per heavy atom. The van der Waals surface area contributed by atoms with Crippen LogP contribution in [-0.4, -0.2) is 96.9 Å². The second-order valence-electron chi connectivity index (χ2n) is 8.17. The Morgan fingerprint density at radius 3 is 2.89 bits per heavy atom. The minimum Gasteiger partial charge on any atom is -0.497 e. The summed E-state index contributed by atoms with van der Waals surface area (Å²) < 4.78 is 6.69. The van der Waals surface area contributed by atoms with Crippen molar-refractivity contribution in [3.05, 3.63) is 29.8 Å². The van der Waals surface area contributed by atoms with Gasteiger partial charge in [0.15, 0.2) is 5.71 Å². The number of rotatable bonds is 10. The maximum Gasteiger partial charge on any atom is 0.313 e. The third-order valence-corrected chi connectivity index (χ3v) is 8.68. The fraction of sp³-hybridized carbons (Fsp3) is 0.476. The number of aryl methyl sites for hydroxylation is 1. The summed E-state index contributed by atoms with van der Waals surface area (Å²) in [6.07, 6.45) is 0. The average molecular weight is 536 g/mol. The molecule has 13 nitrogen and oxygen atoms in total. The summed E-state index contributed by atoms with van der Waals surface area (Å²) >= 11 is 2.55. The van der Waals surface area contributed by atoms with E-state index in [0.717, 1.165) is 0 Å². The van der Waals surface area contributed by atoms with E-state index in [1.807, 2.05) is 0 Å². The Labute approximate surface area is 214 Å². The van der Waals surface area contributed by atoms with E-state index in [0.29, 0.717) is 16.5 Å². The van der Waals surface area contributed by atoms with Crippen molar-refractivity contribution in [1.82, 2.24) is 30.4 Å². The van der Waals surface area contributed by atoms with Gasteiger partial charge in [-0.25, -0.2) is 4.68 Å². The number of amides is 2. The van der Waals surface area contributed by atoms with Gasteiger partial charge in [-0.3, -0.25) is 14.4 Å². The highest BCUT2D eigenvalue weighted by Crippen LogP contribution is 2.44. The van der Waals surface area contributed by atoms with Crippen LogP contribution in [0.1, 0.15) is 12.5 Å². The topological polar surface area (TPSA) is 161 Å². The van der Waals surface area contributed by atoms with Gasteiger partial charge in [-0.05, 0) is 29.5 Å². The van der Waals surface area contributed by atoms with Crippen LogP contribution in [0.25, 0.3) is 0 Å². The number of carbonyl (C=O) groups is 3. The molecule has 4 rings (SSSR count). The summed E-state index contributed by atoms with van der Waals surface area (Å²) in [4.78, 5) is 44.9. The lowest BCUT2D eigenvalue weighted by Crippen LogP contribution is -2.74. The van der Waals surface area contributed by atoms with E-state index in [4.69, 9.17) is 9.57 Å². The number of aromatic nitrogens is 4. The number of carboxylic acid groups (broad SMARTS) is 1. The number of tetrazole rings is 1. The third-order valence-electron chi connectivity index (χ3n) is 5.79. The SMILES string of the molecule is CCON=C(C(=O)NC1C(=O)N2CC(CSc3nnnn3C)(C(=O)O)CS[C@H]12)c1cccc(OC)c1. The van der Waals surface area contributed by atoms with Crippen LogP contribution < -0.4 is 10.1 Å². The summed E-state index contributed by atoms with van der Waals surface area (Å²) in [5.41, 5.74) is -0.693. The molecule has 0 saturated carbocycles. The Kier molecular flexibility index (Phi) is 7.68. The van der Waals surface area contributed by atoms with Crippen LogP contribution in [0.5, 0.6) is 5.75 Å². The van der Waals surface area contributed by atoms with Crippen LogP contribution in [0, 0.1) is 5.41 Å². The maximum absolute atomic E-state index is 13.1. The first-order valence-electron chi connectivity index (χ1n) is 11.0. The summed E-state index contributed by atoms with van der Waals surface area (Å²) in [6, 6.07) is 5.99. The number of carbonyl (C=O) groups excluding carboxylic acids is 2. The predicted octanol–water partition coefficient (Wildman–Crippen LogP) is 0.223. The second kappa shape index (κ2) is 10.7. The van der Waals surface area contributed by atoms with E-state index in [1.54, 1.807) is 38.2 Å². The van der Waals surface area contributed by atoms with Gasteiger partial charge in [0.1, 0.15) is 29.2 Å². The molecule has 2 aliphatic rings. The van der Waals surface area contributed by atoms with E-state index in [-0.39, 0.29) is 41.7 Å². The van der Waals surface area contributed by atoms with E-state index < -0.39 is 23.3 Å². The molecule has 0 spiro atoms. The van der Waals surface area contributed by atoms with E-state index >= 15 is 0 Å². The highest BCUT2D eigenvalue weighted by molar-refractivity contribution is 8.00. The number of ether oxygens (including phenoxy) is 1. The van der Waals surface area contributed by atoms with Crippen molar-refractivity contribution < 1.29 is 29.1 Å².